The molecule has 6 aromatic rings. The Morgan fingerprint density at radius 3 is 1.61 bits per heavy atom. The van der Waals surface area contributed by atoms with E-state index >= 15 is 0 Å². The number of aromatic nitrogens is 1. The molecule has 1 heterocycles. The molecule has 2 unspecified atom stereocenters. The lowest BCUT2D eigenvalue weighted by atomic mass is 9.85. The van der Waals surface area contributed by atoms with E-state index in [0.29, 0.717) is 0 Å². The SMILES string of the molecule is c1ccc(-c2cc3c(cn2)C(c2ccccc2)c2cc4c(cc2-3)-c2ccccc2C4c2ccccc2)cc1. The highest BCUT2D eigenvalue weighted by Crippen LogP contribution is 2.55. The summed E-state index contributed by atoms with van der Waals surface area (Å²) in [6.45, 7) is 0. The van der Waals surface area contributed by atoms with Gasteiger partial charge < -0.3 is 0 Å². The van der Waals surface area contributed by atoms with Crippen LogP contribution >= 0.6 is 0 Å². The summed E-state index contributed by atoms with van der Waals surface area (Å²) in [5.41, 5.74) is 15.6. The summed E-state index contributed by atoms with van der Waals surface area (Å²) in [5, 5.41) is 0. The molecule has 2 aliphatic rings. The molecule has 5 aromatic carbocycles. The maximum absolute atomic E-state index is 4.96. The van der Waals surface area contributed by atoms with Crippen LogP contribution < -0.4 is 0 Å². The number of benzene rings is 5. The van der Waals surface area contributed by atoms with Gasteiger partial charge in [-0.3, -0.25) is 4.98 Å². The van der Waals surface area contributed by atoms with Gasteiger partial charge in [-0.25, -0.2) is 0 Å². The molecule has 1 heteroatoms. The quantitative estimate of drug-likeness (QED) is 0.244. The van der Waals surface area contributed by atoms with Gasteiger partial charge >= 0.3 is 0 Å². The first kappa shape index (κ1) is 21.3. The fourth-order valence-electron chi connectivity index (χ4n) is 6.61. The first-order chi connectivity index (χ1) is 18.9. The molecule has 0 spiro atoms. The Morgan fingerprint density at radius 2 is 0.921 bits per heavy atom. The van der Waals surface area contributed by atoms with E-state index in [1.165, 1.54) is 55.6 Å². The zero-order chi connectivity index (χ0) is 25.1. The summed E-state index contributed by atoms with van der Waals surface area (Å²) in [7, 11) is 0. The van der Waals surface area contributed by atoms with Crippen LogP contribution in [0.2, 0.25) is 0 Å². The van der Waals surface area contributed by atoms with Crippen molar-refractivity contribution in [2.75, 3.05) is 0 Å². The van der Waals surface area contributed by atoms with Crippen molar-refractivity contribution in [2.45, 2.75) is 11.8 Å². The van der Waals surface area contributed by atoms with Crippen LogP contribution in [0.25, 0.3) is 33.5 Å². The first-order valence-corrected chi connectivity index (χ1v) is 13.3. The largest absolute Gasteiger partial charge is 0.256 e. The summed E-state index contributed by atoms with van der Waals surface area (Å²) in [4.78, 5) is 4.96. The molecule has 0 saturated carbocycles. The minimum atomic E-state index is 0.170. The molecule has 178 valence electrons. The number of fused-ring (bicyclic) bond motifs is 6. The van der Waals surface area contributed by atoms with Crippen LogP contribution in [0.5, 0.6) is 0 Å². The average Bonchev–Trinajstić information content (AvgIpc) is 3.49. The molecule has 0 aliphatic heterocycles. The van der Waals surface area contributed by atoms with E-state index in [-0.39, 0.29) is 11.8 Å². The molecule has 38 heavy (non-hydrogen) atoms. The van der Waals surface area contributed by atoms with Crippen molar-refractivity contribution in [3.8, 4) is 33.5 Å². The summed E-state index contributed by atoms with van der Waals surface area (Å²) >= 11 is 0. The number of hydrogen-bond acceptors (Lipinski definition) is 1. The zero-order valence-electron chi connectivity index (χ0n) is 20.9. The van der Waals surface area contributed by atoms with Crippen LogP contribution in [0, 0.1) is 0 Å². The second-order valence-electron chi connectivity index (χ2n) is 10.3. The van der Waals surface area contributed by atoms with Gasteiger partial charge in [0, 0.05) is 23.6 Å². The van der Waals surface area contributed by atoms with Crippen LogP contribution in [0.4, 0.5) is 0 Å². The molecule has 0 bridgehead atoms. The minimum Gasteiger partial charge on any atom is -0.256 e. The van der Waals surface area contributed by atoms with Crippen molar-refractivity contribution in [2.24, 2.45) is 0 Å². The zero-order valence-corrected chi connectivity index (χ0v) is 20.9. The standard InChI is InChI=1S/C37H25N/c1-4-12-24(13-5-1)35-22-31-30-20-29-27-18-10-11-19-28(27)36(25-14-6-2-7-15-25)32(29)21-33(30)37(34(31)23-38-35)26-16-8-3-9-17-26/h1-23,36-37H. The highest BCUT2D eigenvalue weighted by molar-refractivity contribution is 5.90. The molecule has 2 aliphatic carbocycles. The van der Waals surface area contributed by atoms with Crippen LogP contribution in [0.15, 0.2) is 140 Å². The number of nitrogens with zero attached hydrogens (tertiary/aromatic N) is 1. The lowest BCUT2D eigenvalue weighted by Crippen LogP contribution is -2.03. The molecule has 0 amide bonds. The summed E-state index contributed by atoms with van der Waals surface area (Å²) in [6.07, 6.45) is 2.11. The molecule has 1 aromatic heterocycles. The van der Waals surface area contributed by atoms with Crippen LogP contribution in [-0.4, -0.2) is 4.98 Å². The van der Waals surface area contributed by atoms with Crippen molar-refractivity contribution < 1.29 is 0 Å². The molecular formula is C37H25N. The van der Waals surface area contributed by atoms with Gasteiger partial charge in [0.1, 0.15) is 0 Å². The molecular weight excluding hydrogens is 458 g/mol. The van der Waals surface area contributed by atoms with Gasteiger partial charge in [0.25, 0.3) is 0 Å². The Hall–Kier alpha value is -4.75. The summed E-state index contributed by atoms with van der Waals surface area (Å²) < 4.78 is 0. The maximum atomic E-state index is 4.96. The van der Waals surface area contributed by atoms with Gasteiger partial charge in [-0.1, -0.05) is 121 Å². The molecule has 0 radical (unpaired) electrons. The Morgan fingerprint density at radius 1 is 0.395 bits per heavy atom. The van der Waals surface area contributed by atoms with Gasteiger partial charge in [-0.2, -0.15) is 0 Å². The first-order valence-electron chi connectivity index (χ1n) is 13.3. The van der Waals surface area contributed by atoms with Crippen LogP contribution in [-0.2, 0) is 0 Å². The Bertz CT molecular complexity index is 1800. The molecule has 1 nitrogen and oxygen atoms in total. The Labute approximate surface area is 223 Å². The van der Waals surface area contributed by atoms with Gasteiger partial charge in [-0.15, -0.1) is 0 Å². The normalized spacial score (nSPS) is 16.4. The molecule has 0 saturated heterocycles. The molecule has 0 N–H and O–H groups in total. The van der Waals surface area contributed by atoms with Gasteiger partial charge in [-0.05, 0) is 67.8 Å². The monoisotopic (exact) mass is 483 g/mol. The van der Waals surface area contributed by atoms with E-state index in [9.17, 15) is 0 Å². The number of pyridine rings is 1. The fraction of sp³-hybridized carbons (Fsp3) is 0.0541. The van der Waals surface area contributed by atoms with Gasteiger partial charge in [0.05, 0.1) is 5.69 Å². The number of rotatable bonds is 3. The summed E-state index contributed by atoms with van der Waals surface area (Å²) in [5.74, 6) is 0.412. The lowest BCUT2D eigenvalue weighted by Gasteiger charge is -2.18. The minimum absolute atomic E-state index is 0.170. The van der Waals surface area contributed by atoms with Crippen molar-refractivity contribution >= 4 is 0 Å². The van der Waals surface area contributed by atoms with E-state index in [1.807, 2.05) is 0 Å². The van der Waals surface area contributed by atoms with E-state index in [1.54, 1.807) is 0 Å². The van der Waals surface area contributed by atoms with Crippen molar-refractivity contribution in [1.29, 1.82) is 0 Å². The van der Waals surface area contributed by atoms with E-state index in [0.717, 1.165) is 11.3 Å². The van der Waals surface area contributed by atoms with E-state index < -0.39 is 0 Å². The van der Waals surface area contributed by atoms with Gasteiger partial charge in [0.2, 0.25) is 0 Å². The Kier molecular flexibility index (Phi) is 4.72. The number of hydrogen-bond donors (Lipinski definition) is 0. The Balaban J connectivity index is 1.40. The fourth-order valence-corrected chi connectivity index (χ4v) is 6.61. The van der Waals surface area contributed by atoms with Gasteiger partial charge in [0.15, 0.2) is 0 Å². The van der Waals surface area contributed by atoms with Crippen molar-refractivity contribution in [3.63, 3.8) is 0 Å². The highest BCUT2D eigenvalue weighted by atomic mass is 14.7. The van der Waals surface area contributed by atoms with Crippen LogP contribution in [0.3, 0.4) is 0 Å². The van der Waals surface area contributed by atoms with Crippen molar-refractivity contribution in [1.82, 2.24) is 4.98 Å². The third kappa shape index (κ3) is 3.15. The maximum Gasteiger partial charge on any atom is 0.0708 e. The molecule has 2 atom stereocenters. The summed E-state index contributed by atoms with van der Waals surface area (Å²) in [6, 6.07) is 48.6. The average molecular weight is 484 g/mol. The van der Waals surface area contributed by atoms with E-state index in [4.69, 9.17) is 4.98 Å². The smallest absolute Gasteiger partial charge is 0.0708 e. The molecule has 0 fully saturated rings. The second kappa shape index (κ2) is 8.39. The third-order valence-corrected chi connectivity index (χ3v) is 8.28. The topological polar surface area (TPSA) is 12.9 Å². The lowest BCUT2D eigenvalue weighted by molar-refractivity contribution is 0.976. The molecule has 8 rings (SSSR count). The third-order valence-electron chi connectivity index (χ3n) is 8.28. The van der Waals surface area contributed by atoms with E-state index in [2.05, 4.69) is 140 Å². The van der Waals surface area contributed by atoms with Crippen molar-refractivity contribution in [3.05, 3.63) is 173 Å². The predicted molar refractivity (Wildman–Crippen MR) is 155 cm³/mol. The van der Waals surface area contributed by atoms with Crippen LogP contribution in [0.1, 0.15) is 45.2 Å². The second-order valence-corrected chi connectivity index (χ2v) is 10.3. The highest BCUT2D eigenvalue weighted by Gasteiger charge is 2.36. The predicted octanol–water partition coefficient (Wildman–Crippen LogP) is 9.07.